The highest BCUT2D eigenvalue weighted by Crippen LogP contribution is 2.23. The van der Waals surface area contributed by atoms with Crippen LogP contribution in [-0.2, 0) is 11.2 Å². The molecule has 0 fully saturated rings. The third kappa shape index (κ3) is 3.32. The first-order chi connectivity index (χ1) is 11.6. The summed E-state index contributed by atoms with van der Waals surface area (Å²) in [4.78, 5) is 19.6. The van der Waals surface area contributed by atoms with Crippen LogP contribution in [0.2, 0.25) is 0 Å². The Morgan fingerprint density at radius 1 is 1.21 bits per heavy atom. The number of rotatable bonds is 4. The van der Waals surface area contributed by atoms with Crippen LogP contribution in [0.5, 0.6) is 0 Å². The molecule has 5 nitrogen and oxygen atoms in total. The summed E-state index contributed by atoms with van der Waals surface area (Å²) in [6, 6.07) is 8.25. The van der Waals surface area contributed by atoms with E-state index in [2.05, 4.69) is 14.7 Å². The van der Waals surface area contributed by atoms with Crippen molar-refractivity contribution >= 4 is 5.97 Å². The second-order valence-corrected chi connectivity index (χ2v) is 5.30. The molecule has 0 saturated heterocycles. The highest BCUT2D eigenvalue weighted by atomic mass is 19.1. The average molecular weight is 326 g/mol. The van der Waals surface area contributed by atoms with Gasteiger partial charge < -0.3 is 9.15 Å². The number of hydrogen-bond donors (Lipinski definition) is 0. The molecule has 0 aliphatic heterocycles. The number of carbonyl (C=O) groups excluding carboxylic acids is 1. The van der Waals surface area contributed by atoms with E-state index in [1.807, 2.05) is 0 Å². The molecule has 0 bridgehead atoms. The lowest BCUT2D eigenvalue weighted by Crippen LogP contribution is -2.04. The minimum Gasteiger partial charge on any atom is -0.464 e. The van der Waals surface area contributed by atoms with Crippen molar-refractivity contribution in [2.24, 2.45) is 0 Å². The largest absolute Gasteiger partial charge is 0.464 e. The van der Waals surface area contributed by atoms with Crippen molar-refractivity contribution in [3.63, 3.8) is 0 Å². The van der Waals surface area contributed by atoms with Gasteiger partial charge in [-0.05, 0) is 30.2 Å². The molecule has 0 amide bonds. The molecule has 0 radical (unpaired) electrons. The number of pyridine rings is 1. The van der Waals surface area contributed by atoms with Crippen LogP contribution in [0.15, 0.2) is 47.1 Å². The van der Waals surface area contributed by atoms with E-state index >= 15 is 0 Å². The zero-order valence-corrected chi connectivity index (χ0v) is 13.2. The number of aromatic nitrogens is 2. The molecule has 3 aromatic rings. The number of esters is 1. The smallest absolute Gasteiger partial charge is 0.356 e. The van der Waals surface area contributed by atoms with E-state index in [1.54, 1.807) is 43.6 Å². The predicted molar refractivity (Wildman–Crippen MR) is 85.0 cm³/mol. The molecule has 0 aliphatic carbocycles. The number of carbonyl (C=O) groups is 1. The molecular weight excluding hydrogens is 311 g/mol. The number of ether oxygens (including phenoxy) is 1. The molecule has 6 heteroatoms. The highest BCUT2D eigenvalue weighted by molar-refractivity contribution is 5.86. The van der Waals surface area contributed by atoms with Gasteiger partial charge in [0.2, 0.25) is 0 Å². The first kappa shape index (κ1) is 15.9. The van der Waals surface area contributed by atoms with Gasteiger partial charge in [-0.3, -0.25) is 0 Å². The fourth-order valence-electron chi connectivity index (χ4n) is 2.20. The third-order valence-corrected chi connectivity index (χ3v) is 3.58. The molecule has 0 unspecified atom stereocenters. The van der Waals surface area contributed by atoms with Gasteiger partial charge in [0, 0.05) is 11.8 Å². The Morgan fingerprint density at radius 3 is 2.71 bits per heavy atom. The molecular formula is C18H15FN2O3. The normalized spacial score (nSPS) is 10.6. The van der Waals surface area contributed by atoms with Gasteiger partial charge in [0.1, 0.15) is 11.5 Å². The van der Waals surface area contributed by atoms with Gasteiger partial charge in [-0.2, -0.15) is 0 Å². The average Bonchev–Trinajstić information content (AvgIpc) is 3.06. The fraction of sp³-hybridized carbons (Fsp3) is 0.167. The molecule has 0 aliphatic rings. The monoisotopic (exact) mass is 326 g/mol. The lowest BCUT2D eigenvalue weighted by molar-refractivity contribution is 0.0594. The van der Waals surface area contributed by atoms with Crippen LogP contribution < -0.4 is 0 Å². The lowest BCUT2D eigenvalue weighted by atomic mass is 10.1. The van der Waals surface area contributed by atoms with Gasteiger partial charge in [0.15, 0.2) is 11.7 Å². The molecule has 2 heterocycles. The van der Waals surface area contributed by atoms with E-state index < -0.39 is 5.97 Å². The first-order valence-electron chi connectivity index (χ1n) is 7.31. The SMILES string of the molecule is COC(=O)c1ccc(Cc2ncc(-c3ccc(C)c(F)c3)o2)cn1. The van der Waals surface area contributed by atoms with Gasteiger partial charge in [0.25, 0.3) is 0 Å². The number of oxazole rings is 1. The molecule has 2 aromatic heterocycles. The first-order valence-corrected chi connectivity index (χ1v) is 7.31. The van der Waals surface area contributed by atoms with Crippen molar-refractivity contribution in [1.29, 1.82) is 0 Å². The molecule has 1 aromatic carbocycles. The quantitative estimate of drug-likeness (QED) is 0.686. The zero-order chi connectivity index (χ0) is 17.1. The van der Waals surface area contributed by atoms with Crippen LogP contribution in [0.25, 0.3) is 11.3 Å². The van der Waals surface area contributed by atoms with Crippen LogP contribution >= 0.6 is 0 Å². The van der Waals surface area contributed by atoms with Crippen molar-refractivity contribution in [1.82, 2.24) is 9.97 Å². The molecule has 0 spiro atoms. The number of benzene rings is 1. The Labute approximate surface area is 138 Å². The van der Waals surface area contributed by atoms with Gasteiger partial charge in [-0.25, -0.2) is 19.2 Å². The Hall–Kier alpha value is -3.02. The van der Waals surface area contributed by atoms with E-state index in [1.165, 1.54) is 13.2 Å². The third-order valence-electron chi connectivity index (χ3n) is 3.58. The van der Waals surface area contributed by atoms with E-state index in [9.17, 15) is 9.18 Å². The van der Waals surface area contributed by atoms with Gasteiger partial charge >= 0.3 is 5.97 Å². The minimum absolute atomic E-state index is 0.240. The van der Waals surface area contributed by atoms with Gasteiger partial charge in [-0.15, -0.1) is 0 Å². The van der Waals surface area contributed by atoms with Crippen molar-refractivity contribution < 1.29 is 18.3 Å². The Balaban J connectivity index is 1.76. The van der Waals surface area contributed by atoms with Crippen LogP contribution in [0.4, 0.5) is 4.39 Å². The molecule has 24 heavy (non-hydrogen) atoms. The maximum atomic E-state index is 13.6. The van der Waals surface area contributed by atoms with Gasteiger partial charge in [0.05, 0.1) is 19.7 Å². The van der Waals surface area contributed by atoms with Crippen molar-refractivity contribution in [2.75, 3.05) is 7.11 Å². The summed E-state index contributed by atoms with van der Waals surface area (Å²) in [6.07, 6.45) is 3.56. The molecule has 0 saturated carbocycles. The standard InChI is InChI=1S/C18H15FN2O3/c1-11-3-5-13(8-14(11)19)16-10-21-17(24-16)7-12-4-6-15(20-9-12)18(22)23-2/h3-6,8-10H,7H2,1-2H3. The number of halogens is 1. The summed E-state index contributed by atoms with van der Waals surface area (Å²) >= 11 is 0. The summed E-state index contributed by atoms with van der Waals surface area (Å²) < 4.78 is 23.9. The van der Waals surface area contributed by atoms with Crippen LogP contribution in [0.3, 0.4) is 0 Å². The highest BCUT2D eigenvalue weighted by Gasteiger charge is 2.11. The number of nitrogens with zero attached hydrogens (tertiary/aromatic N) is 2. The minimum atomic E-state index is -0.485. The van der Waals surface area contributed by atoms with Crippen molar-refractivity contribution in [2.45, 2.75) is 13.3 Å². The molecule has 122 valence electrons. The summed E-state index contributed by atoms with van der Waals surface area (Å²) in [7, 11) is 1.31. The Bertz CT molecular complexity index is 872. The van der Waals surface area contributed by atoms with Crippen molar-refractivity contribution in [3.8, 4) is 11.3 Å². The van der Waals surface area contributed by atoms with E-state index in [4.69, 9.17) is 4.42 Å². The lowest BCUT2D eigenvalue weighted by Gasteiger charge is -2.01. The fourth-order valence-corrected chi connectivity index (χ4v) is 2.20. The number of aryl methyl sites for hydroxylation is 1. The van der Waals surface area contributed by atoms with Crippen LogP contribution in [-0.4, -0.2) is 23.0 Å². The van der Waals surface area contributed by atoms with E-state index in [-0.39, 0.29) is 11.5 Å². The zero-order valence-electron chi connectivity index (χ0n) is 13.2. The van der Waals surface area contributed by atoms with Gasteiger partial charge in [-0.1, -0.05) is 18.2 Å². The van der Waals surface area contributed by atoms with E-state index in [0.717, 1.165) is 5.56 Å². The molecule has 0 atom stereocenters. The molecule has 3 rings (SSSR count). The second-order valence-electron chi connectivity index (χ2n) is 5.30. The summed E-state index contributed by atoms with van der Waals surface area (Å²) in [6.45, 7) is 1.70. The Kier molecular flexibility index (Phi) is 4.37. The Morgan fingerprint density at radius 2 is 2.04 bits per heavy atom. The number of methoxy groups -OCH3 is 1. The summed E-state index contributed by atoms with van der Waals surface area (Å²) in [5.74, 6) is 0.219. The summed E-state index contributed by atoms with van der Waals surface area (Å²) in [5, 5.41) is 0. The molecule has 0 N–H and O–H groups in total. The summed E-state index contributed by atoms with van der Waals surface area (Å²) in [5.41, 5.74) is 2.29. The second kappa shape index (κ2) is 6.62. The van der Waals surface area contributed by atoms with Crippen molar-refractivity contribution in [3.05, 3.63) is 71.3 Å². The maximum absolute atomic E-state index is 13.6. The topological polar surface area (TPSA) is 65.2 Å². The maximum Gasteiger partial charge on any atom is 0.356 e. The predicted octanol–water partition coefficient (Wildman–Crippen LogP) is 3.56. The van der Waals surface area contributed by atoms with Crippen LogP contribution in [0, 0.1) is 12.7 Å². The van der Waals surface area contributed by atoms with E-state index in [0.29, 0.717) is 29.2 Å². The van der Waals surface area contributed by atoms with Crippen LogP contribution in [0.1, 0.15) is 27.5 Å². The number of hydrogen-bond acceptors (Lipinski definition) is 5.